The summed E-state index contributed by atoms with van der Waals surface area (Å²) < 4.78 is 0. The van der Waals surface area contributed by atoms with Crippen molar-refractivity contribution in [1.29, 1.82) is 0 Å². The summed E-state index contributed by atoms with van der Waals surface area (Å²) in [6.45, 7) is 3.52. The van der Waals surface area contributed by atoms with Crippen molar-refractivity contribution in [1.82, 2.24) is 10.5 Å². The van der Waals surface area contributed by atoms with Crippen LogP contribution in [0.15, 0.2) is 40.6 Å². The lowest BCUT2D eigenvalue weighted by Crippen LogP contribution is -2.60. The van der Waals surface area contributed by atoms with Crippen molar-refractivity contribution < 1.29 is 14.8 Å². The molecule has 0 bridgehead atoms. The van der Waals surface area contributed by atoms with Crippen molar-refractivity contribution in [3.8, 4) is 0 Å². The van der Waals surface area contributed by atoms with E-state index in [-0.39, 0.29) is 12.3 Å². The van der Waals surface area contributed by atoms with Gasteiger partial charge in [0.2, 0.25) is 5.54 Å². The molecular weight excluding hydrogens is 272 g/mol. The SMILES string of the molecule is CC1=NN(C)C(=O)C1(NO)/C(C)=N/OCc1ccccc1. The number of oxime groups is 1. The molecule has 1 aromatic rings. The van der Waals surface area contributed by atoms with E-state index in [2.05, 4.69) is 10.3 Å². The molecule has 1 unspecified atom stereocenters. The number of hydrazone groups is 1. The highest BCUT2D eigenvalue weighted by Crippen LogP contribution is 2.21. The minimum absolute atomic E-state index is 0.278. The Balaban J connectivity index is 2.14. The van der Waals surface area contributed by atoms with Gasteiger partial charge in [-0.2, -0.15) is 10.6 Å². The predicted molar refractivity (Wildman–Crippen MR) is 77.9 cm³/mol. The van der Waals surface area contributed by atoms with E-state index in [0.717, 1.165) is 10.6 Å². The Hall–Kier alpha value is -2.25. The zero-order valence-corrected chi connectivity index (χ0v) is 12.2. The van der Waals surface area contributed by atoms with Crippen LogP contribution >= 0.6 is 0 Å². The lowest BCUT2D eigenvalue weighted by Gasteiger charge is -2.24. The van der Waals surface area contributed by atoms with Crippen LogP contribution in [-0.2, 0) is 16.2 Å². The summed E-state index contributed by atoms with van der Waals surface area (Å²) in [5, 5.41) is 18.6. The monoisotopic (exact) mass is 290 g/mol. The largest absolute Gasteiger partial charge is 0.391 e. The molecule has 1 aliphatic heterocycles. The van der Waals surface area contributed by atoms with Gasteiger partial charge >= 0.3 is 0 Å². The Morgan fingerprint density at radius 2 is 2.14 bits per heavy atom. The van der Waals surface area contributed by atoms with Gasteiger partial charge in [-0.05, 0) is 19.4 Å². The zero-order valence-electron chi connectivity index (χ0n) is 12.2. The number of hydrogen-bond acceptors (Lipinski definition) is 6. The van der Waals surface area contributed by atoms with Gasteiger partial charge in [0.1, 0.15) is 6.61 Å². The second-order valence-electron chi connectivity index (χ2n) is 4.81. The first-order valence-electron chi connectivity index (χ1n) is 6.48. The Morgan fingerprint density at radius 1 is 1.48 bits per heavy atom. The third kappa shape index (κ3) is 2.65. The van der Waals surface area contributed by atoms with Gasteiger partial charge in [-0.15, -0.1) is 0 Å². The number of carbonyl (C=O) groups excluding carboxylic acids is 1. The smallest absolute Gasteiger partial charge is 0.276 e. The Labute approximate surface area is 122 Å². The zero-order chi connectivity index (χ0) is 15.5. The number of carbonyl (C=O) groups is 1. The van der Waals surface area contributed by atoms with E-state index in [1.165, 1.54) is 7.05 Å². The molecule has 1 atom stereocenters. The molecule has 0 saturated carbocycles. The molecule has 2 N–H and O–H groups in total. The number of amides is 1. The summed E-state index contributed by atoms with van der Waals surface area (Å²) in [6, 6.07) is 9.53. The molecule has 1 aliphatic rings. The van der Waals surface area contributed by atoms with Gasteiger partial charge < -0.3 is 10.0 Å². The number of benzene rings is 1. The summed E-state index contributed by atoms with van der Waals surface area (Å²) in [5.74, 6) is -0.410. The van der Waals surface area contributed by atoms with Gasteiger partial charge in [0.15, 0.2) is 0 Å². The van der Waals surface area contributed by atoms with Gasteiger partial charge in [-0.1, -0.05) is 35.5 Å². The van der Waals surface area contributed by atoms with Crippen LogP contribution in [0.1, 0.15) is 19.4 Å². The van der Waals surface area contributed by atoms with Crippen LogP contribution in [0.3, 0.4) is 0 Å². The van der Waals surface area contributed by atoms with Crippen LogP contribution < -0.4 is 5.48 Å². The van der Waals surface area contributed by atoms with E-state index in [1.54, 1.807) is 13.8 Å². The fourth-order valence-electron chi connectivity index (χ4n) is 2.22. The van der Waals surface area contributed by atoms with Crippen LogP contribution in [-0.4, -0.2) is 40.1 Å². The molecule has 0 radical (unpaired) electrons. The number of rotatable bonds is 5. The van der Waals surface area contributed by atoms with E-state index in [4.69, 9.17) is 4.84 Å². The van der Waals surface area contributed by atoms with Gasteiger partial charge in [0.25, 0.3) is 5.91 Å². The molecule has 0 spiro atoms. The highest BCUT2D eigenvalue weighted by Gasteiger charge is 2.51. The fraction of sp³-hybridized carbons (Fsp3) is 0.357. The van der Waals surface area contributed by atoms with Crippen LogP contribution in [0.4, 0.5) is 0 Å². The molecule has 2 rings (SSSR count). The molecule has 1 amide bonds. The topological polar surface area (TPSA) is 86.5 Å². The third-order valence-electron chi connectivity index (χ3n) is 3.44. The predicted octanol–water partition coefficient (Wildman–Crippen LogP) is 1.14. The van der Waals surface area contributed by atoms with Crippen molar-refractivity contribution in [2.45, 2.75) is 26.0 Å². The van der Waals surface area contributed by atoms with Crippen molar-refractivity contribution in [2.75, 3.05) is 7.05 Å². The summed E-state index contributed by atoms with van der Waals surface area (Å²) in [4.78, 5) is 17.5. The number of likely N-dealkylation sites (N-methyl/N-ethyl adjacent to an activating group) is 1. The Kier molecular flexibility index (Phi) is 4.35. The van der Waals surface area contributed by atoms with Crippen LogP contribution in [0.25, 0.3) is 0 Å². The highest BCUT2D eigenvalue weighted by atomic mass is 16.6. The van der Waals surface area contributed by atoms with E-state index in [9.17, 15) is 10.0 Å². The molecule has 112 valence electrons. The molecule has 1 heterocycles. The summed E-state index contributed by atoms with van der Waals surface area (Å²) in [7, 11) is 1.52. The highest BCUT2D eigenvalue weighted by molar-refractivity contribution is 6.32. The minimum Gasteiger partial charge on any atom is -0.391 e. The third-order valence-corrected chi connectivity index (χ3v) is 3.44. The standard InChI is InChI=1S/C14H18N4O3/c1-10-14(17-20,13(19)18(3)15-10)11(2)16-21-9-12-7-5-4-6-8-12/h4-8,17,20H,9H2,1-3H3/b16-11+. The average molecular weight is 290 g/mol. The minimum atomic E-state index is -1.45. The molecule has 0 aromatic heterocycles. The number of hydrogen-bond donors (Lipinski definition) is 2. The second kappa shape index (κ2) is 6.02. The van der Waals surface area contributed by atoms with E-state index in [1.807, 2.05) is 35.8 Å². The molecule has 0 saturated heterocycles. The van der Waals surface area contributed by atoms with Crippen molar-refractivity contribution >= 4 is 17.3 Å². The fourth-order valence-corrected chi connectivity index (χ4v) is 2.22. The van der Waals surface area contributed by atoms with Gasteiger partial charge in [0.05, 0.1) is 11.4 Å². The maximum Gasteiger partial charge on any atom is 0.276 e. The molecule has 1 aromatic carbocycles. The lowest BCUT2D eigenvalue weighted by molar-refractivity contribution is -0.133. The van der Waals surface area contributed by atoms with Gasteiger partial charge in [-0.25, -0.2) is 5.01 Å². The number of nitrogens with one attached hydrogen (secondary N) is 1. The second-order valence-corrected chi connectivity index (χ2v) is 4.81. The quantitative estimate of drug-likeness (QED) is 0.629. The average Bonchev–Trinajstić information content (AvgIpc) is 2.70. The lowest BCUT2D eigenvalue weighted by atomic mass is 9.90. The van der Waals surface area contributed by atoms with Crippen LogP contribution in [0.5, 0.6) is 0 Å². The molecule has 0 aliphatic carbocycles. The van der Waals surface area contributed by atoms with Crippen molar-refractivity contribution in [3.05, 3.63) is 35.9 Å². The Morgan fingerprint density at radius 3 is 2.67 bits per heavy atom. The molecule has 7 heteroatoms. The number of hydroxylamine groups is 1. The molecular formula is C14H18N4O3. The van der Waals surface area contributed by atoms with Crippen LogP contribution in [0.2, 0.25) is 0 Å². The summed E-state index contributed by atoms with van der Waals surface area (Å²) >= 11 is 0. The molecule has 21 heavy (non-hydrogen) atoms. The van der Waals surface area contributed by atoms with Gasteiger partial charge in [0, 0.05) is 7.05 Å². The van der Waals surface area contributed by atoms with Gasteiger partial charge in [-0.3, -0.25) is 4.79 Å². The van der Waals surface area contributed by atoms with Crippen molar-refractivity contribution in [2.24, 2.45) is 10.3 Å². The maximum absolute atomic E-state index is 12.2. The summed E-state index contributed by atoms with van der Waals surface area (Å²) in [5.41, 5.74) is 2.22. The first-order valence-corrected chi connectivity index (χ1v) is 6.48. The number of nitrogens with zero attached hydrogens (tertiary/aromatic N) is 3. The Bertz CT molecular complexity index is 585. The molecule has 0 fully saturated rings. The van der Waals surface area contributed by atoms with Crippen molar-refractivity contribution in [3.63, 3.8) is 0 Å². The normalized spacial score (nSPS) is 22.5. The van der Waals surface area contributed by atoms with E-state index >= 15 is 0 Å². The summed E-state index contributed by atoms with van der Waals surface area (Å²) in [6.07, 6.45) is 0. The van der Waals surface area contributed by atoms with E-state index < -0.39 is 11.4 Å². The van der Waals surface area contributed by atoms with Crippen LogP contribution in [0, 0.1) is 0 Å². The van der Waals surface area contributed by atoms with E-state index in [0.29, 0.717) is 5.71 Å². The first kappa shape index (κ1) is 15.1. The maximum atomic E-state index is 12.2. The first-order chi connectivity index (χ1) is 10.0. The molecule has 7 nitrogen and oxygen atoms in total.